The Bertz CT molecular complexity index is 658. The fourth-order valence-electron chi connectivity index (χ4n) is 3.91. The van der Waals surface area contributed by atoms with Crippen LogP contribution in [-0.2, 0) is 0 Å². The summed E-state index contributed by atoms with van der Waals surface area (Å²) in [6.45, 7) is 4.19. The predicted octanol–water partition coefficient (Wildman–Crippen LogP) is 2.76. The van der Waals surface area contributed by atoms with Gasteiger partial charge in [0.1, 0.15) is 18.0 Å². The Balaban J connectivity index is 1.70. The van der Waals surface area contributed by atoms with E-state index < -0.39 is 0 Å². The van der Waals surface area contributed by atoms with Gasteiger partial charge < -0.3 is 16.0 Å². The number of anilines is 2. The fraction of sp³-hybridized carbons (Fsp3) is 0.632. The van der Waals surface area contributed by atoms with E-state index in [9.17, 15) is 5.26 Å². The Kier molecular flexibility index (Phi) is 5.54. The van der Waals surface area contributed by atoms with Crippen LogP contribution in [0.3, 0.4) is 0 Å². The van der Waals surface area contributed by atoms with E-state index >= 15 is 0 Å². The minimum atomic E-state index is -0.107. The molecule has 2 aliphatic rings. The van der Waals surface area contributed by atoms with E-state index in [1.807, 2.05) is 12.2 Å². The second-order valence-corrected chi connectivity index (χ2v) is 7.60. The van der Waals surface area contributed by atoms with E-state index in [2.05, 4.69) is 40.2 Å². The van der Waals surface area contributed by atoms with Gasteiger partial charge in [0.2, 0.25) is 0 Å². The summed E-state index contributed by atoms with van der Waals surface area (Å²) in [4.78, 5) is 10.8. The Morgan fingerprint density at radius 2 is 2.16 bits per heavy atom. The van der Waals surface area contributed by atoms with Gasteiger partial charge in [-0.1, -0.05) is 19.1 Å². The summed E-state index contributed by atoms with van der Waals surface area (Å²) >= 11 is 0. The molecule has 1 aromatic rings. The van der Waals surface area contributed by atoms with Crippen LogP contribution in [0, 0.1) is 29.1 Å². The van der Waals surface area contributed by atoms with Crippen LogP contribution in [0.5, 0.6) is 0 Å². The number of nitriles is 1. The molecule has 1 fully saturated rings. The summed E-state index contributed by atoms with van der Waals surface area (Å²) in [5, 5.41) is 12.9. The van der Waals surface area contributed by atoms with Crippen molar-refractivity contribution in [3.63, 3.8) is 0 Å². The third-order valence-corrected chi connectivity index (χ3v) is 5.53. The molecule has 1 aliphatic heterocycles. The van der Waals surface area contributed by atoms with Crippen molar-refractivity contribution in [1.29, 1.82) is 5.26 Å². The first-order chi connectivity index (χ1) is 12.1. The van der Waals surface area contributed by atoms with Crippen LogP contribution in [-0.4, -0.2) is 41.0 Å². The first-order valence-electron chi connectivity index (χ1n) is 9.19. The molecule has 3 rings (SSSR count). The highest BCUT2D eigenvalue weighted by atomic mass is 15.1. The molecule has 0 aromatic carbocycles. The second kappa shape index (κ2) is 7.83. The molecule has 134 valence electrons. The Hall–Kier alpha value is -2.13. The largest absolute Gasteiger partial charge is 0.383 e. The minimum Gasteiger partial charge on any atom is -0.383 e. The number of nitrogens with one attached hydrogen (secondary N) is 1. The Labute approximate surface area is 150 Å². The van der Waals surface area contributed by atoms with Gasteiger partial charge in [-0.2, -0.15) is 5.26 Å². The summed E-state index contributed by atoms with van der Waals surface area (Å²) < 4.78 is 0. The van der Waals surface area contributed by atoms with E-state index in [0.717, 1.165) is 43.2 Å². The number of hydrogen-bond donors (Lipinski definition) is 2. The molecule has 0 radical (unpaired) electrons. The monoisotopic (exact) mass is 340 g/mol. The van der Waals surface area contributed by atoms with Gasteiger partial charge in [0.05, 0.1) is 17.6 Å². The molecule has 0 spiro atoms. The zero-order valence-electron chi connectivity index (χ0n) is 15.2. The first-order valence-corrected chi connectivity index (χ1v) is 9.19. The quantitative estimate of drug-likeness (QED) is 0.879. The molecule has 3 N–H and O–H groups in total. The Morgan fingerprint density at radius 3 is 2.88 bits per heavy atom. The van der Waals surface area contributed by atoms with Gasteiger partial charge in [-0.05, 0) is 44.6 Å². The molecule has 2 unspecified atom stereocenters. The topological polar surface area (TPSA) is 90.9 Å². The van der Waals surface area contributed by atoms with E-state index in [0.29, 0.717) is 17.8 Å². The maximum atomic E-state index is 9.55. The van der Waals surface area contributed by atoms with Crippen LogP contribution in [0.15, 0.2) is 12.4 Å². The van der Waals surface area contributed by atoms with Crippen LogP contribution >= 0.6 is 0 Å². The highest BCUT2D eigenvalue weighted by Gasteiger charge is 2.30. The number of nitrogen functional groups attached to an aromatic ring is 1. The lowest BCUT2D eigenvalue weighted by Gasteiger charge is -2.41. The number of allylic oxidation sites excluding steroid dienone is 1. The Morgan fingerprint density at radius 1 is 1.36 bits per heavy atom. The van der Waals surface area contributed by atoms with E-state index in [1.165, 1.54) is 19.2 Å². The third kappa shape index (κ3) is 4.29. The molecule has 6 nitrogen and oxygen atoms in total. The molecule has 6 heteroatoms. The third-order valence-electron chi connectivity index (χ3n) is 5.53. The lowest BCUT2D eigenvalue weighted by atomic mass is 9.80. The summed E-state index contributed by atoms with van der Waals surface area (Å²) in [6.07, 6.45) is 9.81. The van der Waals surface area contributed by atoms with Crippen molar-refractivity contribution >= 4 is 17.7 Å². The minimum absolute atomic E-state index is 0.107. The first kappa shape index (κ1) is 17.7. The zero-order valence-corrected chi connectivity index (χ0v) is 15.2. The lowest BCUT2D eigenvalue weighted by molar-refractivity contribution is 0.0920. The number of aromatic nitrogens is 2. The highest BCUT2D eigenvalue weighted by Crippen LogP contribution is 2.32. The van der Waals surface area contributed by atoms with Crippen molar-refractivity contribution < 1.29 is 0 Å². The molecular weight excluding hydrogens is 312 g/mol. The number of hydrogen-bond acceptors (Lipinski definition) is 6. The molecule has 1 aliphatic carbocycles. The van der Waals surface area contributed by atoms with Crippen molar-refractivity contribution in [2.45, 2.75) is 38.6 Å². The van der Waals surface area contributed by atoms with Gasteiger partial charge in [-0.25, -0.2) is 9.97 Å². The lowest BCUT2D eigenvalue weighted by Crippen LogP contribution is -2.44. The number of fused-ring (bicyclic) bond motifs is 1. The molecule has 0 saturated heterocycles. The average molecular weight is 340 g/mol. The highest BCUT2D eigenvalue weighted by molar-refractivity contribution is 5.71. The second-order valence-electron chi connectivity index (χ2n) is 7.60. The van der Waals surface area contributed by atoms with Crippen molar-refractivity contribution in [3.05, 3.63) is 18.0 Å². The summed E-state index contributed by atoms with van der Waals surface area (Å²) in [7, 11) is 2.23. The van der Waals surface area contributed by atoms with Crippen LogP contribution in [0.1, 0.15) is 38.2 Å². The standard InChI is InChI=1S/C19H28N6/c1-13-7-16(8-13)25(2)11-15-5-6-22-19-17(18(21)23-12-24-19)4-3-14(9-15)10-20/h3-4,12-16H,5-9,11H2,1-2H3,(H3,21,22,23,24)/b4-3-. The molecule has 25 heavy (non-hydrogen) atoms. The molecular formula is C19H28N6. The van der Waals surface area contributed by atoms with E-state index in [1.54, 1.807) is 0 Å². The predicted molar refractivity (Wildman–Crippen MR) is 101 cm³/mol. The van der Waals surface area contributed by atoms with Crippen LogP contribution in [0.25, 0.3) is 6.08 Å². The van der Waals surface area contributed by atoms with Gasteiger partial charge in [0, 0.05) is 19.1 Å². The van der Waals surface area contributed by atoms with Crippen LogP contribution in [0.2, 0.25) is 0 Å². The normalized spacial score (nSPS) is 30.5. The zero-order chi connectivity index (χ0) is 17.8. The van der Waals surface area contributed by atoms with Gasteiger partial charge in [-0.3, -0.25) is 0 Å². The van der Waals surface area contributed by atoms with Crippen molar-refractivity contribution in [3.8, 4) is 6.07 Å². The maximum absolute atomic E-state index is 9.55. The van der Waals surface area contributed by atoms with Gasteiger partial charge in [-0.15, -0.1) is 0 Å². The smallest absolute Gasteiger partial charge is 0.138 e. The summed E-state index contributed by atoms with van der Waals surface area (Å²) in [6, 6.07) is 3.14. The van der Waals surface area contributed by atoms with Crippen molar-refractivity contribution in [2.75, 3.05) is 31.2 Å². The average Bonchev–Trinajstić information content (AvgIpc) is 2.56. The molecule has 2 atom stereocenters. The SMILES string of the molecule is CC1CC(N(C)CC2CCNc3ncnc(N)c3/C=C\C(C#N)C2)C1. The van der Waals surface area contributed by atoms with Gasteiger partial charge in [0.15, 0.2) is 0 Å². The van der Waals surface area contributed by atoms with Crippen molar-refractivity contribution in [2.24, 2.45) is 17.8 Å². The summed E-state index contributed by atoms with van der Waals surface area (Å²) in [5.74, 6) is 2.44. The molecule has 0 amide bonds. The van der Waals surface area contributed by atoms with Crippen LogP contribution in [0.4, 0.5) is 11.6 Å². The van der Waals surface area contributed by atoms with E-state index in [-0.39, 0.29) is 5.92 Å². The number of nitrogens with zero attached hydrogens (tertiary/aromatic N) is 4. The van der Waals surface area contributed by atoms with Gasteiger partial charge >= 0.3 is 0 Å². The molecule has 1 saturated carbocycles. The number of nitrogens with two attached hydrogens (primary N) is 1. The molecule has 1 aromatic heterocycles. The summed E-state index contributed by atoms with van der Waals surface area (Å²) in [5.41, 5.74) is 6.75. The maximum Gasteiger partial charge on any atom is 0.138 e. The van der Waals surface area contributed by atoms with Gasteiger partial charge in [0.25, 0.3) is 0 Å². The van der Waals surface area contributed by atoms with Crippen molar-refractivity contribution in [1.82, 2.24) is 14.9 Å². The molecule has 2 heterocycles. The fourth-order valence-corrected chi connectivity index (χ4v) is 3.91. The molecule has 0 bridgehead atoms. The van der Waals surface area contributed by atoms with Crippen LogP contribution < -0.4 is 11.1 Å². The van der Waals surface area contributed by atoms with E-state index in [4.69, 9.17) is 5.73 Å². The number of rotatable bonds is 3.